The molecule has 0 radical (unpaired) electrons. The fourth-order valence-corrected chi connectivity index (χ4v) is 15.2. The highest BCUT2D eigenvalue weighted by molar-refractivity contribution is 5.98. The number of hydrogen-bond donors (Lipinski definition) is 0. The van der Waals surface area contributed by atoms with Crippen molar-refractivity contribution in [3.63, 3.8) is 0 Å². The van der Waals surface area contributed by atoms with Crippen LogP contribution < -0.4 is 0 Å². The second-order valence-corrected chi connectivity index (χ2v) is 26.0. The Morgan fingerprint density at radius 3 is 1.20 bits per heavy atom. The van der Waals surface area contributed by atoms with Crippen LogP contribution in [0.3, 0.4) is 0 Å². The van der Waals surface area contributed by atoms with E-state index in [4.69, 9.17) is 24.9 Å². The first-order valence-corrected chi connectivity index (χ1v) is 34.1. The molecule has 4 aromatic heterocycles. The lowest BCUT2D eigenvalue weighted by molar-refractivity contribution is 0.794. The topological polar surface area (TPSA) is 90.2 Å². The fraction of sp³-hybridized carbons (Fsp3) is 0.0106. The predicted octanol–water partition coefficient (Wildman–Crippen LogP) is 23.0. The Kier molecular flexibility index (Phi) is 14.3. The molecule has 1 atom stereocenters. The molecule has 7 nitrogen and oxygen atoms in total. The third kappa shape index (κ3) is 10.5. The maximum Gasteiger partial charge on any atom is 0.164 e. The van der Waals surface area contributed by atoms with Gasteiger partial charge in [-0.1, -0.05) is 261 Å². The van der Waals surface area contributed by atoms with Gasteiger partial charge in [-0.3, -0.25) is 9.97 Å². The smallest absolute Gasteiger partial charge is 0.164 e. The summed E-state index contributed by atoms with van der Waals surface area (Å²) < 4.78 is 0. The number of aromatic nitrogens is 7. The highest BCUT2D eigenvalue weighted by Gasteiger charge is 2.52. The average molecular weight is 1290 g/mol. The quantitative estimate of drug-likeness (QED) is 0.120. The van der Waals surface area contributed by atoms with Gasteiger partial charge in [-0.25, -0.2) is 24.9 Å². The molecule has 0 N–H and O–H groups in total. The molecule has 2 aliphatic rings. The molecule has 4 heterocycles. The zero-order valence-electron chi connectivity index (χ0n) is 54.7. The lowest BCUT2D eigenvalue weighted by atomic mass is 9.70. The van der Waals surface area contributed by atoms with Gasteiger partial charge in [0.05, 0.1) is 28.2 Å². The lowest BCUT2D eigenvalue weighted by Crippen LogP contribution is -2.25. The van der Waals surface area contributed by atoms with Crippen molar-refractivity contribution in [3.8, 4) is 157 Å². The third-order valence-electron chi connectivity index (χ3n) is 20.0. The number of fused-ring (bicyclic) bond motifs is 11. The maximum atomic E-state index is 5.49. The first kappa shape index (κ1) is 58.8. The van der Waals surface area contributed by atoms with Crippen LogP contribution in [0.15, 0.2) is 358 Å². The van der Waals surface area contributed by atoms with Crippen molar-refractivity contribution in [2.24, 2.45) is 0 Å². The minimum Gasteiger partial charge on any atom is -0.256 e. The van der Waals surface area contributed by atoms with E-state index in [0.29, 0.717) is 23.3 Å². The summed E-state index contributed by atoms with van der Waals surface area (Å²) in [5.74, 6) is 2.34. The summed E-state index contributed by atoms with van der Waals surface area (Å²) in [6.07, 6.45) is 3.64. The average Bonchev–Trinajstić information content (AvgIpc) is 1.51. The second-order valence-electron chi connectivity index (χ2n) is 26.0. The summed E-state index contributed by atoms with van der Waals surface area (Å²) in [4.78, 5) is 36.2. The van der Waals surface area contributed by atoms with Crippen LogP contribution in [-0.4, -0.2) is 34.9 Å². The number of hydrogen-bond acceptors (Lipinski definition) is 7. The van der Waals surface area contributed by atoms with Gasteiger partial charge in [0.25, 0.3) is 0 Å². The fourth-order valence-electron chi connectivity index (χ4n) is 15.2. The van der Waals surface area contributed by atoms with E-state index in [-0.39, 0.29) is 0 Å². The molecule has 0 amide bonds. The molecule has 19 rings (SSSR count). The van der Waals surface area contributed by atoms with Gasteiger partial charge < -0.3 is 0 Å². The van der Waals surface area contributed by atoms with E-state index in [9.17, 15) is 0 Å². The molecule has 0 saturated heterocycles. The molecule has 0 aliphatic heterocycles. The molecule has 7 heteroatoms. The molecule has 0 bridgehead atoms. The normalized spacial score (nSPS) is 13.2. The van der Waals surface area contributed by atoms with Gasteiger partial charge >= 0.3 is 0 Å². The zero-order chi connectivity index (χ0) is 66.8. The summed E-state index contributed by atoms with van der Waals surface area (Å²) >= 11 is 0. The molecule has 17 aromatic rings. The van der Waals surface area contributed by atoms with Crippen molar-refractivity contribution in [3.05, 3.63) is 380 Å². The third-order valence-corrected chi connectivity index (χ3v) is 20.0. The monoisotopic (exact) mass is 1290 g/mol. The molecule has 2 aliphatic carbocycles. The van der Waals surface area contributed by atoms with E-state index in [1.807, 2.05) is 60.9 Å². The Morgan fingerprint density at radius 2 is 0.554 bits per heavy atom. The molecule has 1 spiro atoms. The van der Waals surface area contributed by atoms with E-state index >= 15 is 0 Å². The summed E-state index contributed by atoms with van der Waals surface area (Å²) in [6.45, 7) is 0. The van der Waals surface area contributed by atoms with Gasteiger partial charge in [-0.15, -0.1) is 0 Å². The van der Waals surface area contributed by atoms with Gasteiger partial charge in [0.2, 0.25) is 0 Å². The number of pyridine rings is 2. The lowest BCUT2D eigenvalue weighted by Gasteiger charge is -2.30. The Morgan fingerprint density at radius 1 is 0.168 bits per heavy atom. The Hall–Kier alpha value is -13.5. The van der Waals surface area contributed by atoms with Gasteiger partial charge in [0.15, 0.2) is 23.3 Å². The van der Waals surface area contributed by atoms with Crippen LogP contribution in [0.1, 0.15) is 22.3 Å². The summed E-state index contributed by atoms with van der Waals surface area (Å²) in [5, 5.41) is 2.32. The zero-order valence-corrected chi connectivity index (χ0v) is 54.7. The SMILES string of the molecule is c1ccc(-c2ccc(-c3cc(-c4ccc5c(c4)C4(c6ccccc6-c6cc(-c7cccc(-c8cc(-c9ccccc9)cc(-c9nc(-c%10cccc(-c%11ccccn%11)c%10)nc(-c%10cccc(-c%11ccccn%11)c%10)n9)c8)c7)ccc64)c4ccccc4-5)nc(-c4ccc5ccccc5c4)n3)cc2)cc1. The van der Waals surface area contributed by atoms with Crippen molar-refractivity contribution in [1.29, 1.82) is 0 Å². The van der Waals surface area contributed by atoms with Crippen molar-refractivity contribution >= 4 is 10.8 Å². The van der Waals surface area contributed by atoms with Crippen LogP contribution in [-0.2, 0) is 5.41 Å². The van der Waals surface area contributed by atoms with Crippen molar-refractivity contribution in [2.75, 3.05) is 0 Å². The summed E-state index contributed by atoms with van der Waals surface area (Å²) in [7, 11) is 0. The molecular formula is C94H59N7. The van der Waals surface area contributed by atoms with Gasteiger partial charge in [-0.2, -0.15) is 0 Å². The standard InChI is InChI=1S/C94H59N7/c1-3-20-60(21-4-1)63-38-41-64(42-39-63)88-59-89(98-90(97-88)74-43-40-62-24-7-8-25-65(62)51-74)71-44-46-80-78-32-9-11-34-82(78)94(85(80)58-71)83-35-12-10-33-79(83)81-57-68(45-47-84(81)94)66-26-17-27-67(50-66)76-54-75(61-22-5-2-6-23-61)55-77(56-76)93-100-91(72-30-18-28-69(52-72)86-36-13-15-48-95-86)99-92(101-93)73-31-19-29-70(53-73)87-37-14-16-49-96-87/h1-59H. The Labute approximate surface area is 585 Å². The minimum absolute atomic E-state index is 0.553. The maximum absolute atomic E-state index is 5.49. The highest BCUT2D eigenvalue weighted by Crippen LogP contribution is 2.63. The van der Waals surface area contributed by atoms with Crippen LogP contribution in [0, 0.1) is 0 Å². The van der Waals surface area contributed by atoms with Crippen LogP contribution in [0.25, 0.3) is 168 Å². The van der Waals surface area contributed by atoms with E-state index in [0.717, 1.165) is 112 Å². The molecule has 1 unspecified atom stereocenters. The van der Waals surface area contributed by atoms with Crippen LogP contribution in [0.4, 0.5) is 0 Å². The second kappa shape index (κ2) is 24.6. The van der Waals surface area contributed by atoms with Crippen LogP contribution in [0.2, 0.25) is 0 Å². The Balaban J connectivity index is 0.730. The Bertz CT molecular complexity index is 5980. The van der Waals surface area contributed by atoms with Crippen LogP contribution >= 0.6 is 0 Å². The molecule has 101 heavy (non-hydrogen) atoms. The van der Waals surface area contributed by atoms with Gasteiger partial charge in [0.1, 0.15) is 0 Å². The molecular weight excluding hydrogens is 1230 g/mol. The van der Waals surface area contributed by atoms with Gasteiger partial charge in [-0.05, 0) is 185 Å². The molecule has 0 saturated carbocycles. The number of nitrogens with zero attached hydrogens (tertiary/aromatic N) is 7. The first-order chi connectivity index (χ1) is 50.0. The van der Waals surface area contributed by atoms with Crippen molar-refractivity contribution in [1.82, 2.24) is 34.9 Å². The van der Waals surface area contributed by atoms with E-state index in [1.165, 1.54) is 55.5 Å². The minimum atomic E-state index is -0.620. The van der Waals surface area contributed by atoms with E-state index in [2.05, 4.69) is 307 Å². The summed E-state index contributed by atoms with van der Waals surface area (Å²) in [6, 6.07) is 123. The number of benzene rings is 13. The number of rotatable bonds is 12. The highest BCUT2D eigenvalue weighted by atomic mass is 15.0. The predicted molar refractivity (Wildman–Crippen MR) is 410 cm³/mol. The van der Waals surface area contributed by atoms with E-state index in [1.54, 1.807) is 0 Å². The van der Waals surface area contributed by atoms with Crippen LogP contribution in [0.5, 0.6) is 0 Å². The molecule has 13 aromatic carbocycles. The molecule has 470 valence electrons. The summed E-state index contributed by atoms with van der Waals surface area (Å²) in [5.41, 5.74) is 29.0. The van der Waals surface area contributed by atoms with Crippen molar-refractivity contribution in [2.45, 2.75) is 5.41 Å². The van der Waals surface area contributed by atoms with Crippen molar-refractivity contribution < 1.29 is 0 Å². The van der Waals surface area contributed by atoms with Gasteiger partial charge in [0, 0.05) is 56.9 Å². The largest absolute Gasteiger partial charge is 0.256 e. The molecule has 0 fully saturated rings. The first-order valence-electron chi connectivity index (χ1n) is 34.1. The van der Waals surface area contributed by atoms with E-state index < -0.39 is 5.41 Å².